The summed E-state index contributed by atoms with van der Waals surface area (Å²) in [7, 11) is 0. The molecule has 0 unspecified atom stereocenters. The summed E-state index contributed by atoms with van der Waals surface area (Å²) in [5.74, 6) is 2.85. The van der Waals surface area contributed by atoms with E-state index in [1.54, 1.807) is 0 Å². The van der Waals surface area contributed by atoms with Crippen molar-refractivity contribution in [2.75, 3.05) is 18.0 Å². The van der Waals surface area contributed by atoms with Gasteiger partial charge in [-0.2, -0.15) is 0 Å². The smallest absolute Gasteiger partial charge is 0.180 e. The number of rotatable bonds is 5. The summed E-state index contributed by atoms with van der Waals surface area (Å²) in [5.41, 5.74) is 6.38. The molecule has 0 saturated carbocycles. The lowest BCUT2D eigenvalue weighted by Crippen LogP contribution is -2.29. The molecule has 7 heteroatoms. The van der Waals surface area contributed by atoms with Gasteiger partial charge in [0.25, 0.3) is 0 Å². The maximum absolute atomic E-state index is 6.73. The highest BCUT2D eigenvalue weighted by Gasteiger charge is 2.30. The number of fused-ring (bicyclic) bond motifs is 2. The van der Waals surface area contributed by atoms with Gasteiger partial charge in [-0.25, -0.2) is 0 Å². The van der Waals surface area contributed by atoms with Crippen LogP contribution in [0.5, 0.6) is 23.0 Å². The first-order valence-corrected chi connectivity index (χ1v) is 16.3. The van der Waals surface area contributed by atoms with Gasteiger partial charge in [0.1, 0.15) is 34.0 Å². The molecule has 0 spiro atoms. The van der Waals surface area contributed by atoms with E-state index in [4.69, 9.17) is 23.7 Å². The Labute approximate surface area is 268 Å². The van der Waals surface area contributed by atoms with E-state index >= 15 is 0 Å². The Hall–Kier alpha value is -4.78. The highest BCUT2D eigenvalue weighted by atomic mass is 16.5. The maximum atomic E-state index is 6.73. The quantitative estimate of drug-likeness (QED) is 0.179. The highest BCUT2D eigenvalue weighted by Crippen LogP contribution is 2.51. The first-order chi connectivity index (χ1) is 22.1. The minimum atomic E-state index is 0.0474. The van der Waals surface area contributed by atoms with Crippen LogP contribution in [0.3, 0.4) is 0 Å². The number of ether oxygens (including phenoxy) is 2. The molecule has 3 heterocycles. The molecule has 8 rings (SSSR count). The molecule has 5 aromatic carbocycles. The van der Waals surface area contributed by atoms with Crippen molar-refractivity contribution in [3.8, 4) is 23.0 Å². The lowest BCUT2D eigenvalue weighted by atomic mass is 9.87. The van der Waals surface area contributed by atoms with E-state index in [2.05, 4.69) is 81.9 Å². The second-order valence-electron chi connectivity index (χ2n) is 14.6. The van der Waals surface area contributed by atoms with Crippen LogP contribution in [0.25, 0.3) is 43.7 Å². The molecule has 0 radical (unpaired) electrons. The number of nitrogens with zero attached hydrogens (tertiary/aromatic N) is 3. The van der Waals surface area contributed by atoms with Crippen molar-refractivity contribution >= 4 is 49.4 Å². The molecule has 0 aliphatic carbocycles. The summed E-state index contributed by atoms with van der Waals surface area (Å²) >= 11 is 0. The van der Waals surface area contributed by atoms with Crippen molar-refractivity contribution in [1.82, 2.24) is 10.3 Å². The van der Waals surface area contributed by atoms with Gasteiger partial charge in [0.05, 0.1) is 27.2 Å². The number of piperidine rings is 1. The predicted octanol–water partition coefficient (Wildman–Crippen LogP) is 10.9. The topological polar surface area (TPSA) is 73.8 Å². The van der Waals surface area contributed by atoms with Gasteiger partial charge < -0.3 is 23.4 Å². The van der Waals surface area contributed by atoms with Crippen molar-refractivity contribution < 1.29 is 18.5 Å². The Bertz CT molecular complexity index is 2190. The van der Waals surface area contributed by atoms with E-state index in [0.717, 1.165) is 75.7 Å². The van der Waals surface area contributed by atoms with Crippen LogP contribution in [0.4, 0.5) is 5.69 Å². The van der Waals surface area contributed by atoms with E-state index in [0.29, 0.717) is 22.7 Å². The van der Waals surface area contributed by atoms with Gasteiger partial charge in [-0.3, -0.25) is 0 Å². The molecule has 7 aromatic rings. The lowest BCUT2D eigenvalue weighted by Gasteiger charge is -2.29. The third-order valence-corrected chi connectivity index (χ3v) is 9.35. The Morgan fingerprint density at radius 1 is 0.587 bits per heavy atom. The average molecular weight is 614 g/mol. The molecule has 1 aliphatic rings. The van der Waals surface area contributed by atoms with Crippen LogP contribution < -0.4 is 14.4 Å². The van der Waals surface area contributed by atoms with Crippen LogP contribution in [-0.4, -0.2) is 23.4 Å². The van der Waals surface area contributed by atoms with Gasteiger partial charge in [0, 0.05) is 19.2 Å². The molecular formula is C39H39N3O4. The zero-order chi connectivity index (χ0) is 31.8. The zero-order valence-corrected chi connectivity index (χ0v) is 27.4. The molecule has 46 heavy (non-hydrogen) atoms. The zero-order valence-electron chi connectivity index (χ0n) is 27.4. The van der Waals surface area contributed by atoms with Crippen LogP contribution in [0.15, 0.2) is 75.8 Å². The molecule has 1 aliphatic heterocycles. The fourth-order valence-electron chi connectivity index (χ4n) is 6.74. The summed E-state index contributed by atoms with van der Waals surface area (Å²) < 4.78 is 25.7. The van der Waals surface area contributed by atoms with E-state index in [1.165, 1.54) is 17.5 Å². The van der Waals surface area contributed by atoms with Gasteiger partial charge in [0.15, 0.2) is 11.2 Å². The third kappa shape index (κ3) is 4.72. The van der Waals surface area contributed by atoms with Crippen LogP contribution in [0, 0.1) is 0 Å². The van der Waals surface area contributed by atoms with Crippen LogP contribution in [-0.2, 0) is 10.8 Å². The normalized spacial score (nSPS) is 14.7. The molecule has 1 fully saturated rings. The monoisotopic (exact) mass is 613 g/mol. The lowest BCUT2D eigenvalue weighted by molar-refractivity contribution is 0.462. The molecule has 234 valence electrons. The van der Waals surface area contributed by atoms with Crippen molar-refractivity contribution in [2.45, 2.75) is 71.6 Å². The molecule has 2 aromatic heterocycles. The largest absolute Gasteiger partial charge is 0.457 e. The Balaban J connectivity index is 1.34. The van der Waals surface area contributed by atoms with E-state index in [-0.39, 0.29) is 10.8 Å². The number of hydrogen-bond acceptors (Lipinski definition) is 7. The first-order valence-electron chi connectivity index (χ1n) is 16.3. The fraction of sp³-hybridized carbons (Fsp3) is 0.333. The van der Waals surface area contributed by atoms with E-state index in [1.807, 2.05) is 36.4 Å². The van der Waals surface area contributed by atoms with Gasteiger partial charge in [0.2, 0.25) is 0 Å². The van der Waals surface area contributed by atoms with Crippen molar-refractivity contribution in [1.29, 1.82) is 0 Å². The Kier molecular flexibility index (Phi) is 6.47. The van der Waals surface area contributed by atoms with Gasteiger partial charge >= 0.3 is 0 Å². The number of aromatic nitrogens is 2. The molecule has 1 saturated heterocycles. The molecule has 0 bridgehead atoms. The molecule has 0 N–H and O–H groups in total. The summed E-state index contributed by atoms with van der Waals surface area (Å²) in [6.07, 6.45) is 3.50. The minimum absolute atomic E-state index is 0.0474. The van der Waals surface area contributed by atoms with Gasteiger partial charge in [-0.15, -0.1) is 0 Å². The SMILES string of the molecule is CC(C)(C)c1ccc(Oc2ccc3noc4c5c(Oc6ccc(C(C)(C)C)cc6)cc(N6CCCCC6)c6noc(c2c34)c65)cc1. The second kappa shape index (κ2) is 10.4. The van der Waals surface area contributed by atoms with Crippen molar-refractivity contribution in [3.05, 3.63) is 77.9 Å². The molecule has 0 atom stereocenters. The second-order valence-corrected chi connectivity index (χ2v) is 14.6. The fourth-order valence-corrected chi connectivity index (χ4v) is 6.74. The van der Waals surface area contributed by atoms with E-state index < -0.39 is 0 Å². The summed E-state index contributed by atoms with van der Waals surface area (Å²) in [5, 5.41) is 12.4. The highest BCUT2D eigenvalue weighted by molar-refractivity contribution is 6.33. The molecule has 7 nitrogen and oxygen atoms in total. The van der Waals surface area contributed by atoms with Crippen molar-refractivity contribution in [2.24, 2.45) is 0 Å². The first kappa shape index (κ1) is 28.7. The summed E-state index contributed by atoms with van der Waals surface area (Å²) in [4.78, 5) is 2.40. The Morgan fingerprint density at radius 2 is 1.13 bits per heavy atom. The van der Waals surface area contributed by atoms with Crippen molar-refractivity contribution in [3.63, 3.8) is 0 Å². The summed E-state index contributed by atoms with van der Waals surface area (Å²) in [6.45, 7) is 15.2. The Morgan fingerprint density at radius 3 is 1.74 bits per heavy atom. The average Bonchev–Trinajstić information content (AvgIpc) is 3.67. The number of hydrogen-bond donors (Lipinski definition) is 0. The van der Waals surface area contributed by atoms with Crippen LogP contribution in [0.1, 0.15) is 71.9 Å². The molecular weight excluding hydrogens is 574 g/mol. The maximum Gasteiger partial charge on any atom is 0.180 e. The predicted molar refractivity (Wildman–Crippen MR) is 184 cm³/mol. The van der Waals surface area contributed by atoms with E-state index in [9.17, 15) is 0 Å². The standard InChI is InChI=1S/C39H39N3O4/c1-38(2,3)23-10-14-25(15-11-23)43-29-19-18-27-31-32(29)37-34-33(36(31)45-40-27)30(44-26-16-12-24(13-17-26)39(4,5)6)22-28(35(34)41-46-37)42-20-8-7-9-21-42/h10-19,22H,7-9,20-21H2,1-6H3. The van der Waals surface area contributed by atoms with Crippen LogP contribution >= 0.6 is 0 Å². The molecule has 0 amide bonds. The third-order valence-electron chi connectivity index (χ3n) is 9.35. The van der Waals surface area contributed by atoms with Gasteiger partial charge in [-0.05, 0) is 77.6 Å². The van der Waals surface area contributed by atoms with Gasteiger partial charge in [-0.1, -0.05) is 76.1 Å². The summed E-state index contributed by atoms with van der Waals surface area (Å²) in [6, 6.07) is 22.6. The number of benzene rings is 5. The van der Waals surface area contributed by atoms with Crippen LogP contribution in [0.2, 0.25) is 0 Å². The minimum Gasteiger partial charge on any atom is -0.457 e. The number of anilines is 1.